The normalized spacial score (nSPS) is 11.0. The summed E-state index contributed by atoms with van der Waals surface area (Å²) in [7, 11) is 0. The second-order valence-electron chi connectivity index (χ2n) is 7.62. The Morgan fingerprint density at radius 1 is 1.13 bits per heavy atom. The van der Waals surface area contributed by atoms with Crippen molar-refractivity contribution >= 4 is 11.6 Å². The van der Waals surface area contributed by atoms with Crippen LogP contribution in [-0.4, -0.2) is 25.5 Å². The lowest BCUT2D eigenvalue weighted by Crippen LogP contribution is -2.11. The number of carbonyl (C=O) groups is 1. The van der Waals surface area contributed by atoms with Crippen molar-refractivity contribution in [2.24, 2.45) is 0 Å². The third kappa shape index (κ3) is 4.85. The first-order valence-electron chi connectivity index (χ1n) is 10.0. The number of ether oxygens (including phenoxy) is 1. The molecule has 0 saturated heterocycles. The Balaban J connectivity index is 1.34. The van der Waals surface area contributed by atoms with E-state index in [9.17, 15) is 4.79 Å². The largest absolute Gasteiger partial charge is 0.471 e. The minimum Gasteiger partial charge on any atom is -0.471 e. The van der Waals surface area contributed by atoms with Gasteiger partial charge < -0.3 is 14.5 Å². The monoisotopic (exact) mass is 419 g/mol. The van der Waals surface area contributed by atoms with E-state index in [0.717, 1.165) is 22.7 Å². The Morgan fingerprint density at radius 2 is 1.97 bits per heavy atom. The Hall–Kier alpha value is -3.81. The molecule has 8 heteroatoms. The van der Waals surface area contributed by atoms with Gasteiger partial charge in [0.1, 0.15) is 11.5 Å². The number of anilines is 1. The zero-order valence-corrected chi connectivity index (χ0v) is 18.0. The lowest BCUT2D eigenvalue weighted by atomic mass is 10.1. The average molecular weight is 419 g/mol. The molecule has 0 aliphatic heterocycles. The summed E-state index contributed by atoms with van der Waals surface area (Å²) < 4.78 is 15.0. The van der Waals surface area contributed by atoms with E-state index >= 15 is 0 Å². The number of amides is 1. The SMILES string of the molecule is Cc1ccc(OCn2cc(NC(=O)c3ccc(Cn4nc(C)cc4C)o3)cn2)c(C)c1. The number of carbonyl (C=O) groups excluding carboxylic acids is 1. The van der Waals surface area contributed by atoms with Crippen LogP contribution in [0.4, 0.5) is 5.69 Å². The molecule has 0 atom stereocenters. The molecule has 0 radical (unpaired) electrons. The Kier molecular flexibility index (Phi) is 5.62. The first-order chi connectivity index (χ1) is 14.9. The van der Waals surface area contributed by atoms with Crippen molar-refractivity contribution in [2.45, 2.75) is 41.0 Å². The molecule has 0 saturated carbocycles. The number of benzene rings is 1. The van der Waals surface area contributed by atoms with Crippen molar-refractivity contribution in [3.8, 4) is 5.75 Å². The van der Waals surface area contributed by atoms with E-state index in [4.69, 9.17) is 9.15 Å². The van der Waals surface area contributed by atoms with Crippen LogP contribution in [0.15, 0.2) is 53.2 Å². The summed E-state index contributed by atoms with van der Waals surface area (Å²) in [6, 6.07) is 11.5. The third-order valence-electron chi connectivity index (χ3n) is 4.87. The fourth-order valence-corrected chi connectivity index (χ4v) is 3.36. The second kappa shape index (κ2) is 8.51. The summed E-state index contributed by atoms with van der Waals surface area (Å²) in [5.74, 6) is 1.36. The molecule has 0 bridgehead atoms. The van der Waals surface area contributed by atoms with Crippen LogP contribution in [0, 0.1) is 27.7 Å². The summed E-state index contributed by atoms with van der Waals surface area (Å²) in [4.78, 5) is 12.5. The first-order valence-corrected chi connectivity index (χ1v) is 10.0. The number of rotatable bonds is 7. The number of aromatic nitrogens is 4. The van der Waals surface area contributed by atoms with Crippen molar-refractivity contribution < 1.29 is 13.9 Å². The fourth-order valence-electron chi connectivity index (χ4n) is 3.36. The maximum Gasteiger partial charge on any atom is 0.291 e. The molecule has 4 rings (SSSR count). The predicted octanol–water partition coefficient (Wildman–Crippen LogP) is 4.24. The number of hydrogen-bond donors (Lipinski definition) is 1. The lowest BCUT2D eigenvalue weighted by molar-refractivity contribution is 0.0994. The van der Waals surface area contributed by atoms with Crippen LogP contribution in [0.3, 0.4) is 0 Å². The molecule has 1 N–H and O–H groups in total. The molecule has 0 spiro atoms. The van der Waals surface area contributed by atoms with Crippen LogP contribution in [0.5, 0.6) is 5.75 Å². The number of furan rings is 1. The highest BCUT2D eigenvalue weighted by molar-refractivity contribution is 6.02. The zero-order valence-electron chi connectivity index (χ0n) is 18.0. The Bertz CT molecular complexity index is 1220. The van der Waals surface area contributed by atoms with Gasteiger partial charge in [-0.2, -0.15) is 10.2 Å². The quantitative estimate of drug-likeness (QED) is 0.484. The smallest absolute Gasteiger partial charge is 0.291 e. The van der Waals surface area contributed by atoms with Crippen LogP contribution in [0.2, 0.25) is 0 Å². The third-order valence-corrected chi connectivity index (χ3v) is 4.87. The van der Waals surface area contributed by atoms with E-state index in [2.05, 4.69) is 21.6 Å². The van der Waals surface area contributed by atoms with Gasteiger partial charge in [-0.1, -0.05) is 17.7 Å². The topological polar surface area (TPSA) is 87.1 Å². The van der Waals surface area contributed by atoms with Crippen molar-refractivity contribution in [1.29, 1.82) is 0 Å². The summed E-state index contributed by atoms with van der Waals surface area (Å²) in [6.45, 7) is 8.69. The summed E-state index contributed by atoms with van der Waals surface area (Å²) in [5, 5.41) is 11.4. The molecule has 160 valence electrons. The molecule has 1 aromatic carbocycles. The van der Waals surface area contributed by atoms with Gasteiger partial charge in [-0.15, -0.1) is 0 Å². The molecule has 4 aromatic rings. The standard InChI is InChI=1S/C23H25N5O3/c1-15-5-7-21(16(2)9-15)30-14-27-12-19(11-24-27)25-23(29)22-8-6-20(31-22)13-28-18(4)10-17(3)26-28/h5-12H,13-14H2,1-4H3,(H,25,29). The highest BCUT2D eigenvalue weighted by atomic mass is 16.5. The molecule has 0 aliphatic carbocycles. The molecule has 0 aliphatic rings. The maximum atomic E-state index is 12.5. The van der Waals surface area contributed by atoms with E-state index in [1.807, 2.05) is 50.6 Å². The van der Waals surface area contributed by atoms with E-state index in [1.165, 1.54) is 5.56 Å². The van der Waals surface area contributed by atoms with Gasteiger partial charge in [-0.05, 0) is 57.5 Å². The van der Waals surface area contributed by atoms with E-state index in [1.54, 1.807) is 29.2 Å². The van der Waals surface area contributed by atoms with Gasteiger partial charge in [0.15, 0.2) is 12.5 Å². The van der Waals surface area contributed by atoms with Crippen LogP contribution in [-0.2, 0) is 13.3 Å². The Labute approximate surface area is 180 Å². The van der Waals surface area contributed by atoms with E-state index in [0.29, 0.717) is 18.0 Å². The fraction of sp³-hybridized carbons (Fsp3) is 0.261. The highest BCUT2D eigenvalue weighted by Gasteiger charge is 2.14. The number of nitrogens with zero attached hydrogens (tertiary/aromatic N) is 4. The molecule has 8 nitrogen and oxygen atoms in total. The predicted molar refractivity (Wildman–Crippen MR) is 116 cm³/mol. The minimum absolute atomic E-state index is 0.232. The molecule has 1 amide bonds. The van der Waals surface area contributed by atoms with Crippen molar-refractivity contribution in [3.63, 3.8) is 0 Å². The Morgan fingerprint density at radius 3 is 2.71 bits per heavy atom. The van der Waals surface area contributed by atoms with Gasteiger partial charge in [-0.25, -0.2) is 4.68 Å². The summed E-state index contributed by atoms with van der Waals surface area (Å²) in [5.41, 5.74) is 4.79. The molecular weight excluding hydrogens is 394 g/mol. The molecule has 3 aromatic heterocycles. The lowest BCUT2D eigenvalue weighted by Gasteiger charge is -2.09. The average Bonchev–Trinajstić information content (AvgIpc) is 3.43. The number of aryl methyl sites for hydroxylation is 4. The number of hydrogen-bond acceptors (Lipinski definition) is 5. The summed E-state index contributed by atoms with van der Waals surface area (Å²) in [6.07, 6.45) is 3.28. The van der Waals surface area contributed by atoms with Crippen molar-refractivity contribution in [1.82, 2.24) is 19.6 Å². The van der Waals surface area contributed by atoms with Crippen molar-refractivity contribution in [3.05, 3.63) is 82.8 Å². The van der Waals surface area contributed by atoms with Crippen LogP contribution < -0.4 is 10.1 Å². The molecule has 0 fully saturated rings. The van der Waals surface area contributed by atoms with E-state index in [-0.39, 0.29) is 18.4 Å². The molecular formula is C23H25N5O3. The van der Waals surface area contributed by atoms with Gasteiger partial charge in [0.05, 0.1) is 30.3 Å². The van der Waals surface area contributed by atoms with Gasteiger partial charge in [0, 0.05) is 5.69 Å². The van der Waals surface area contributed by atoms with Gasteiger partial charge >= 0.3 is 0 Å². The van der Waals surface area contributed by atoms with E-state index < -0.39 is 0 Å². The maximum absolute atomic E-state index is 12.5. The number of nitrogens with one attached hydrogen (secondary N) is 1. The summed E-state index contributed by atoms with van der Waals surface area (Å²) >= 11 is 0. The molecule has 31 heavy (non-hydrogen) atoms. The van der Waals surface area contributed by atoms with Gasteiger partial charge in [-0.3, -0.25) is 9.48 Å². The van der Waals surface area contributed by atoms with Crippen LogP contribution in [0.25, 0.3) is 0 Å². The van der Waals surface area contributed by atoms with Crippen LogP contribution in [0.1, 0.15) is 38.8 Å². The first kappa shape index (κ1) is 20.5. The van der Waals surface area contributed by atoms with Crippen molar-refractivity contribution in [2.75, 3.05) is 5.32 Å². The highest BCUT2D eigenvalue weighted by Crippen LogP contribution is 2.19. The minimum atomic E-state index is -0.338. The molecule has 0 unspecified atom stereocenters. The van der Waals surface area contributed by atoms with Gasteiger partial charge in [0.25, 0.3) is 5.91 Å². The van der Waals surface area contributed by atoms with Gasteiger partial charge in [0.2, 0.25) is 0 Å². The zero-order chi connectivity index (χ0) is 22.0. The van der Waals surface area contributed by atoms with Crippen LogP contribution >= 0.6 is 0 Å². The second-order valence-corrected chi connectivity index (χ2v) is 7.62. The molecule has 3 heterocycles.